The van der Waals surface area contributed by atoms with E-state index in [1.54, 1.807) is 0 Å². The van der Waals surface area contributed by atoms with Gasteiger partial charge in [-0.1, -0.05) is 33.6 Å². The molecule has 1 aliphatic carbocycles. The molecule has 2 N–H and O–H groups in total. The monoisotopic (exact) mass is 280 g/mol. The van der Waals surface area contributed by atoms with Crippen LogP contribution in [-0.2, 0) is 4.79 Å². The van der Waals surface area contributed by atoms with Gasteiger partial charge in [-0.15, -0.1) is 0 Å². The lowest BCUT2D eigenvalue weighted by Gasteiger charge is -2.36. The smallest absolute Gasteiger partial charge is 0.225 e. The van der Waals surface area contributed by atoms with Crippen LogP contribution in [0.4, 0.5) is 0 Å². The number of rotatable bonds is 4. The zero-order chi connectivity index (χ0) is 14.6. The molecule has 116 valence electrons. The first kappa shape index (κ1) is 15.8. The molecular weight excluding hydrogens is 248 g/mol. The van der Waals surface area contributed by atoms with E-state index in [1.165, 1.54) is 38.5 Å². The highest BCUT2D eigenvalue weighted by Gasteiger charge is 2.37. The van der Waals surface area contributed by atoms with E-state index in [1.807, 2.05) is 0 Å². The minimum atomic E-state index is -0.241. The van der Waals surface area contributed by atoms with Gasteiger partial charge in [-0.25, -0.2) is 0 Å². The lowest BCUT2D eigenvalue weighted by atomic mass is 9.74. The van der Waals surface area contributed by atoms with Crippen molar-refractivity contribution in [3.63, 3.8) is 0 Å². The number of carbonyl (C=O) groups excluding carboxylic acids is 1. The number of carbonyl (C=O) groups is 1. The molecule has 1 unspecified atom stereocenters. The zero-order valence-corrected chi connectivity index (χ0v) is 13.5. The van der Waals surface area contributed by atoms with E-state index in [-0.39, 0.29) is 11.3 Å². The Morgan fingerprint density at radius 2 is 1.90 bits per heavy atom. The summed E-state index contributed by atoms with van der Waals surface area (Å²) in [5.41, 5.74) is -0.241. The summed E-state index contributed by atoms with van der Waals surface area (Å²) < 4.78 is 0. The average Bonchev–Trinajstić information content (AvgIpc) is 2.47. The molecule has 3 heteroatoms. The predicted molar refractivity (Wildman–Crippen MR) is 83.5 cm³/mol. The van der Waals surface area contributed by atoms with Gasteiger partial charge in [-0.05, 0) is 56.5 Å². The molecule has 0 aromatic carbocycles. The molecule has 3 nitrogen and oxygen atoms in total. The van der Waals surface area contributed by atoms with Crippen molar-refractivity contribution in [1.29, 1.82) is 0 Å². The second kappa shape index (κ2) is 6.93. The fourth-order valence-electron chi connectivity index (χ4n) is 3.65. The van der Waals surface area contributed by atoms with Crippen molar-refractivity contribution in [3.8, 4) is 0 Å². The topological polar surface area (TPSA) is 41.1 Å². The van der Waals surface area contributed by atoms with Crippen molar-refractivity contribution in [2.75, 3.05) is 19.6 Å². The minimum Gasteiger partial charge on any atom is -0.355 e. The van der Waals surface area contributed by atoms with Crippen LogP contribution < -0.4 is 10.6 Å². The van der Waals surface area contributed by atoms with E-state index < -0.39 is 0 Å². The summed E-state index contributed by atoms with van der Waals surface area (Å²) in [6.45, 7) is 9.55. The molecule has 20 heavy (non-hydrogen) atoms. The fraction of sp³-hybridized carbons (Fsp3) is 0.941. The number of nitrogens with one attached hydrogen (secondary N) is 2. The first-order chi connectivity index (χ1) is 9.50. The molecule has 1 atom stereocenters. The quantitative estimate of drug-likeness (QED) is 0.831. The molecule has 1 aliphatic heterocycles. The molecule has 1 amide bonds. The van der Waals surface area contributed by atoms with Gasteiger partial charge in [0.2, 0.25) is 5.91 Å². The lowest BCUT2D eigenvalue weighted by Crippen LogP contribution is -2.48. The van der Waals surface area contributed by atoms with E-state index in [4.69, 9.17) is 0 Å². The van der Waals surface area contributed by atoms with E-state index in [0.717, 1.165) is 25.6 Å². The van der Waals surface area contributed by atoms with Crippen molar-refractivity contribution >= 4 is 5.91 Å². The SMILES string of the molecule is CC1CCC(CNC(=O)C(C)(C)C2CCCNC2)CC1. The highest BCUT2D eigenvalue weighted by molar-refractivity contribution is 5.82. The van der Waals surface area contributed by atoms with Crippen molar-refractivity contribution < 1.29 is 4.79 Å². The van der Waals surface area contributed by atoms with Crippen LogP contribution in [0.1, 0.15) is 59.3 Å². The molecule has 0 spiro atoms. The highest BCUT2D eigenvalue weighted by atomic mass is 16.2. The highest BCUT2D eigenvalue weighted by Crippen LogP contribution is 2.32. The maximum atomic E-state index is 12.5. The maximum absolute atomic E-state index is 12.5. The second-order valence-corrected chi connectivity index (χ2v) is 7.60. The number of amides is 1. The molecule has 2 fully saturated rings. The zero-order valence-electron chi connectivity index (χ0n) is 13.5. The Morgan fingerprint density at radius 3 is 2.50 bits per heavy atom. The van der Waals surface area contributed by atoms with Crippen LogP contribution >= 0.6 is 0 Å². The van der Waals surface area contributed by atoms with Crippen molar-refractivity contribution in [2.45, 2.75) is 59.3 Å². The number of piperidine rings is 1. The largest absolute Gasteiger partial charge is 0.355 e. The summed E-state index contributed by atoms with van der Waals surface area (Å²) in [5, 5.41) is 6.66. The van der Waals surface area contributed by atoms with Gasteiger partial charge < -0.3 is 10.6 Å². The average molecular weight is 280 g/mol. The predicted octanol–water partition coefficient (Wildman–Crippen LogP) is 2.95. The van der Waals surface area contributed by atoms with Crippen LogP contribution in [0.5, 0.6) is 0 Å². The number of hydrogen-bond donors (Lipinski definition) is 2. The molecule has 1 saturated carbocycles. The standard InChI is InChI=1S/C17H32N2O/c1-13-6-8-14(9-7-13)11-19-16(20)17(2,3)15-5-4-10-18-12-15/h13-15,18H,4-12H2,1-3H3,(H,19,20). The molecule has 0 aromatic rings. The summed E-state index contributed by atoms with van der Waals surface area (Å²) >= 11 is 0. The van der Waals surface area contributed by atoms with E-state index in [9.17, 15) is 4.79 Å². The van der Waals surface area contributed by atoms with Gasteiger partial charge in [0.15, 0.2) is 0 Å². The molecule has 2 rings (SSSR count). The number of hydrogen-bond acceptors (Lipinski definition) is 2. The fourth-order valence-corrected chi connectivity index (χ4v) is 3.65. The molecule has 2 aliphatic rings. The third-order valence-corrected chi connectivity index (χ3v) is 5.59. The Labute approximate surface area is 124 Å². The Bertz CT molecular complexity index is 313. The second-order valence-electron chi connectivity index (χ2n) is 7.60. The molecular formula is C17H32N2O. The molecule has 0 bridgehead atoms. The van der Waals surface area contributed by atoms with E-state index in [0.29, 0.717) is 11.8 Å². The van der Waals surface area contributed by atoms with Gasteiger partial charge in [0.25, 0.3) is 0 Å². The third-order valence-electron chi connectivity index (χ3n) is 5.59. The van der Waals surface area contributed by atoms with Gasteiger partial charge in [-0.3, -0.25) is 4.79 Å². The van der Waals surface area contributed by atoms with Crippen LogP contribution in [-0.4, -0.2) is 25.5 Å². The van der Waals surface area contributed by atoms with Crippen molar-refractivity contribution in [1.82, 2.24) is 10.6 Å². The summed E-state index contributed by atoms with van der Waals surface area (Å²) in [5.74, 6) is 2.31. The van der Waals surface area contributed by atoms with Crippen LogP contribution in [0.15, 0.2) is 0 Å². The summed E-state index contributed by atoms with van der Waals surface area (Å²) in [6, 6.07) is 0. The Morgan fingerprint density at radius 1 is 1.20 bits per heavy atom. The summed E-state index contributed by atoms with van der Waals surface area (Å²) in [6.07, 6.45) is 7.60. The minimum absolute atomic E-state index is 0.241. The molecule has 0 aromatic heterocycles. The Balaban J connectivity index is 1.78. The van der Waals surface area contributed by atoms with Crippen LogP contribution in [0.3, 0.4) is 0 Å². The normalized spacial score (nSPS) is 31.9. The lowest BCUT2D eigenvalue weighted by molar-refractivity contribution is -0.132. The summed E-state index contributed by atoms with van der Waals surface area (Å²) in [4.78, 5) is 12.5. The van der Waals surface area contributed by atoms with Gasteiger partial charge >= 0.3 is 0 Å². The maximum Gasteiger partial charge on any atom is 0.225 e. The van der Waals surface area contributed by atoms with Gasteiger partial charge in [0, 0.05) is 12.0 Å². The first-order valence-corrected chi connectivity index (χ1v) is 8.49. The van der Waals surface area contributed by atoms with Crippen molar-refractivity contribution in [2.24, 2.45) is 23.2 Å². The van der Waals surface area contributed by atoms with Crippen LogP contribution in [0, 0.1) is 23.2 Å². The third kappa shape index (κ3) is 3.97. The molecule has 0 radical (unpaired) electrons. The summed E-state index contributed by atoms with van der Waals surface area (Å²) in [7, 11) is 0. The van der Waals surface area contributed by atoms with Crippen molar-refractivity contribution in [3.05, 3.63) is 0 Å². The van der Waals surface area contributed by atoms with Gasteiger partial charge in [0.05, 0.1) is 0 Å². The van der Waals surface area contributed by atoms with Crippen LogP contribution in [0.25, 0.3) is 0 Å². The van der Waals surface area contributed by atoms with E-state index >= 15 is 0 Å². The van der Waals surface area contributed by atoms with Gasteiger partial charge in [-0.2, -0.15) is 0 Å². The Kier molecular flexibility index (Phi) is 5.48. The van der Waals surface area contributed by atoms with Gasteiger partial charge in [0.1, 0.15) is 0 Å². The first-order valence-electron chi connectivity index (χ1n) is 8.49. The Hall–Kier alpha value is -0.570. The van der Waals surface area contributed by atoms with Crippen LogP contribution in [0.2, 0.25) is 0 Å². The molecule has 1 saturated heterocycles. The van der Waals surface area contributed by atoms with E-state index in [2.05, 4.69) is 31.4 Å². The molecule has 1 heterocycles.